The van der Waals surface area contributed by atoms with Crippen molar-refractivity contribution in [2.75, 3.05) is 21.3 Å². The number of oxime groups is 1. The molecule has 1 amide bonds. The number of benzene rings is 2. The molecule has 0 radical (unpaired) electrons. The van der Waals surface area contributed by atoms with E-state index in [1.54, 1.807) is 27.4 Å². The highest BCUT2D eigenvalue weighted by atomic mass is 16.6. The van der Waals surface area contributed by atoms with Gasteiger partial charge in [0.2, 0.25) is 6.10 Å². The molecule has 142 valence electrons. The molecule has 7 heteroatoms. The van der Waals surface area contributed by atoms with Crippen molar-refractivity contribution in [3.8, 4) is 17.2 Å². The lowest BCUT2D eigenvalue weighted by Crippen LogP contribution is -2.34. The van der Waals surface area contributed by atoms with E-state index in [0.29, 0.717) is 24.5 Å². The monoisotopic (exact) mass is 370 g/mol. The quantitative estimate of drug-likeness (QED) is 0.810. The van der Waals surface area contributed by atoms with Crippen LogP contribution < -0.4 is 19.5 Å². The van der Waals surface area contributed by atoms with Gasteiger partial charge in [-0.1, -0.05) is 11.2 Å². The lowest BCUT2D eigenvalue weighted by Gasteiger charge is -2.12. The molecule has 0 saturated carbocycles. The molecule has 1 N–H and O–H groups in total. The summed E-state index contributed by atoms with van der Waals surface area (Å²) >= 11 is 0. The van der Waals surface area contributed by atoms with Gasteiger partial charge in [0, 0.05) is 13.0 Å². The van der Waals surface area contributed by atoms with Gasteiger partial charge >= 0.3 is 0 Å². The molecule has 1 atom stereocenters. The first-order valence-corrected chi connectivity index (χ1v) is 8.50. The molecular formula is C20H22N2O5. The third-order valence-corrected chi connectivity index (χ3v) is 4.30. The molecule has 27 heavy (non-hydrogen) atoms. The molecule has 7 nitrogen and oxygen atoms in total. The van der Waals surface area contributed by atoms with Gasteiger partial charge in [0.15, 0.2) is 11.5 Å². The van der Waals surface area contributed by atoms with Crippen LogP contribution in [0.4, 0.5) is 0 Å². The molecule has 1 aliphatic heterocycles. The molecule has 0 saturated heterocycles. The Morgan fingerprint density at radius 3 is 2.48 bits per heavy atom. The summed E-state index contributed by atoms with van der Waals surface area (Å²) in [5.74, 6) is 1.82. The zero-order chi connectivity index (χ0) is 19.2. The van der Waals surface area contributed by atoms with Crippen LogP contribution in [0, 0.1) is 0 Å². The zero-order valence-corrected chi connectivity index (χ0v) is 15.5. The van der Waals surface area contributed by atoms with Crippen molar-refractivity contribution in [3.05, 3.63) is 53.6 Å². The van der Waals surface area contributed by atoms with E-state index in [1.807, 2.05) is 36.4 Å². The number of carbonyl (C=O) groups excluding carboxylic acids is 1. The highest BCUT2D eigenvalue weighted by Gasteiger charge is 2.28. The molecule has 0 spiro atoms. The number of rotatable bonds is 7. The van der Waals surface area contributed by atoms with Crippen LogP contribution in [0.2, 0.25) is 0 Å². The van der Waals surface area contributed by atoms with Crippen LogP contribution in [0.15, 0.2) is 47.6 Å². The lowest BCUT2D eigenvalue weighted by atomic mass is 10.0. The van der Waals surface area contributed by atoms with Crippen molar-refractivity contribution < 1.29 is 23.8 Å². The second-order valence-electron chi connectivity index (χ2n) is 5.97. The van der Waals surface area contributed by atoms with Crippen molar-refractivity contribution >= 4 is 11.6 Å². The molecular weight excluding hydrogens is 348 g/mol. The number of hydrogen-bond acceptors (Lipinski definition) is 6. The number of carbonyl (C=O) groups is 1. The number of ether oxygens (including phenoxy) is 3. The summed E-state index contributed by atoms with van der Waals surface area (Å²) in [6.07, 6.45) is -0.216. The molecule has 0 bridgehead atoms. The van der Waals surface area contributed by atoms with Crippen molar-refractivity contribution in [1.82, 2.24) is 5.32 Å². The van der Waals surface area contributed by atoms with Gasteiger partial charge < -0.3 is 24.4 Å². The average molecular weight is 370 g/mol. The second-order valence-corrected chi connectivity index (χ2v) is 5.97. The van der Waals surface area contributed by atoms with Gasteiger partial charge in [-0.25, -0.2) is 0 Å². The van der Waals surface area contributed by atoms with E-state index < -0.39 is 6.10 Å². The van der Waals surface area contributed by atoms with Gasteiger partial charge in [0.25, 0.3) is 5.91 Å². The first-order chi connectivity index (χ1) is 13.1. The Bertz CT molecular complexity index is 833. The standard InChI is InChI=1S/C20H22N2O5/c1-24-15-7-5-14(6-8-15)16-11-19(27-22-16)20(23)21-12-13-4-9-17(25-2)18(10-13)26-3/h4-10,19H,11-12H2,1-3H3,(H,21,23). The van der Waals surface area contributed by atoms with Gasteiger partial charge in [-0.15, -0.1) is 0 Å². The first-order valence-electron chi connectivity index (χ1n) is 8.50. The van der Waals surface area contributed by atoms with Gasteiger partial charge in [-0.05, 0) is 47.5 Å². The Kier molecular flexibility index (Phi) is 5.80. The SMILES string of the molecule is COc1ccc(C2=NOC(C(=O)NCc3ccc(OC)c(OC)c3)C2)cc1. The van der Waals surface area contributed by atoms with Crippen molar-refractivity contribution in [2.24, 2.45) is 5.16 Å². The Hall–Kier alpha value is -3.22. The summed E-state index contributed by atoms with van der Waals surface area (Å²) in [5.41, 5.74) is 2.55. The van der Waals surface area contributed by atoms with E-state index in [2.05, 4.69) is 10.5 Å². The Morgan fingerprint density at radius 1 is 1.07 bits per heavy atom. The number of nitrogens with one attached hydrogen (secondary N) is 1. The normalized spacial score (nSPS) is 15.5. The van der Waals surface area contributed by atoms with Gasteiger partial charge in [-0.3, -0.25) is 4.79 Å². The summed E-state index contributed by atoms with van der Waals surface area (Å²) in [4.78, 5) is 17.7. The highest BCUT2D eigenvalue weighted by Crippen LogP contribution is 2.27. The Labute approximate surface area is 157 Å². The van der Waals surface area contributed by atoms with Crippen molar-refractivity contribution in [3.63, 3.8) is 0 Å². The molecule has 0 aromatic heterocycles. The molecule has 1 aliphatic rings. The molecule has 0 aliphatic carbocycles. The molecule has 1 unspecified atom stereocenters. The third kappa shape index (κ3) is 4.31. The van der Waals surface area contributed by atoms with Crippen molar-refractivity contribution in [1.29, 1.82) is 0 Å². The van der Waals surface area contributed by atoms with E-state index in [-0.39, 0.29) is 5.91 Å². The number of methoxy groups -OCH3 is 3. The van der Waals surface area contributed by atoms with Gasteiger partial charge in [-0.2, -0.15) is 0 Å². The van der Waals surface area contributed by atoms with Crippen LogP contribution in [0.3, 0.4) is 0 Å². The second kappa shape index (κ2) is 8.44. The molecule has 0 fully saturated rings. The fourth-order valence-corrected chi connectivity index (χ4v) is 2.77. The van der Waals surface area contributed by atoms with Crippen LogP contribution in [-0.2, 0) is 16.2 Å². The van der Waals surface area contributed by atoms with E-state index in [0.717, 1.165) is 22.6 Å². The van der Waals surface area contributed by atoms with E-state index >= 15 is 0 Å². The summed E-state index contributed by atoms with van der Waals surface area (Å²) in [5, 5.41) is 6.91. The minimum absolute atomic E-state index is 0.211. The summed E-state index contributed by atoms with van der Waals surface area (Å²) in [6, 6.07) is 13.0. The smallest absolute Gasteiger partial charge is 0.264 e. The largest absolute Gasteiger partial charge is 0.497 e. The maximum absolute atomic E-state index is 12.4. The maximum atomic E-state index is 12.4. The third-order valence-electron chi connectivity index (χ3n) is 4.30. The fraction of sp³-hybridized carbons (Fsp3) is 0.300. The average Bonchev–Trinajstić information content (AvgIpc) is 3.22. The summed E-state index contributed by atoms with van der Waals surface area (Å²) in [6.45, 7) is 0.358. The molecule has 3 rings (SSSR count). The van der Waals surface area contributed by atoms with E-state index in [9.17, 15) is 4.79 Å². The summed E-state index contributed by atoms with van der Waals surface area (Å²) < 4.78 is 15.6. The predicted octanol–water partition coefficient (Wildman–Crippen LogP) is 2.52. The van der Waals surface area contributed by atoms with Crippen molar-refractivity contribution in [2.45, 2.75) is 19.1 Å². The lowest BCUT2D eigenvalue weighted by molar-refractivity contribution is -0.131. The van der Waals surface area contributed by atoms with Crippen LogP contribution in [0.1, 0.15) is 17.5 Å². The molecule has 2 aromatic rings. The topological polar surface area (TPSA) is 78.4 Å². The van der Waals surface area contributed by atoms with Gasteiger partial charge in [0.05, 0.1) is 27.0 Å². The number of amides is 1. The maximum Gasteiger partial charge on any atom is 0.264 e. The molecule has 1 heterocycles. The Morgan fingerprint density at radius 2 is 1.81 bits per heavy atom. The summed E-state index contributed by atoms with van der Waals surface area (Å²) in [7, 11) is 4.77. The minimum atomic E-state index is -0.637. The number of nitrogens with zero attached hydrogens (tertiary/aromatic N) is 1. The van der Waals surface area contributed by atoms with E-state index in [1.165, 1.54) is 0 Å². The van der Waals surface area contributed by atoms with Gasteiger partial charge in [0.1, 0.15) is 5.75 Å². The van der Waals surface area contributed by atoms with Crippen LogP contribution >= 0.6 is 0 Å². The van der Waals surface area contributed by atoms with E-state index in [4.69, 9.17) is 19.0 Å². The zero-order valence-electron chi connectivity index (χ0n) is 15.5. The molecule has 2 aromatic carbocycles. The minimum Gasteiger partial charge on any atom is -0.497 e. The highest BCUT2D eigenvalue weighted by molar-refractivity contribution is 6.04. The fourth-order valence-electron chi connectivity index (χ4n) is 2.77. The first kappa shape index (κ1) is 18.6. The Balaban J connectivity index is 1.55. The van der Waals surface area contributed by atoms with Crippen LogP contribution in [0.25, 0.3) is 0 Å². The number of hydrogen-bond donors (Lipinski definition) is 1. The van der Waals surface area contributed by atoms with Crippen LogP contribution in [-0.4, -0.2) is 39.1 Å². The predicted molar refractivity (Wildman–Crippen MR) is 100 cm³/mol. The van der Waals surface area contributed by atoms with Crippen LogP contribution in [0.5, 0.6) is 17.2 Å².